The second-order valence-electron chi connectivity index (χ2n) is 7.36. The highest BCUT2D eigenvalue weighted by molar-refractivity contribution is 7.13. The molecule has 1 amide bonds. The molecular formula is C25H24ClN3O3S. The van der Waals surface area contributed by atoms with E-state index < -0.39 is 0 Å². The van der Waals surface area contributed by atoms with Crippen molar-refractivity contribution in [3.63, 3.8) is 0 Å². The lowest BCUT2D eigenvalue weighted by Crippen LogP contribution is -2.29. The van der Waals surface area contributed by atoms with Crippen molar-refractivity contribution >= 4 is 28.8 Å². The Balaban J connectivity index is 1.36. The van der Waals surface area contributed by atoms with Crippen molar-refractivity contribution in [2.45, 2.75) is 13.0 Å². The summed E-state index contributed by atoms with van der Waals surface area (Å²) in [6.07, 6.45) is 2.59. The molecule has 2 heterocycles. The van der Waals surface area contributed by atoms with E-state index in [2.05, 4.69) is 5.32 Å². The first-order valence-electron chi connectivity index (χ1n) is 10.4. The van der Waals surface area contributed by atoms with Gasteiger partial charge in [-0.3, -0.25) is 4.79 Å². The number of carbonyl (C=O) groups excluding carboxylic acids is 1. The molecule has 0 saturated carbocycles. The lowest BCUT2D eigenvalue weighted by molar-refractivity contribution is -0.121. The summed E-state index contributed by atoms with van der Waals surface area (Å²) in [4.78, 5) is 17.3. The maximum atomic E-state index is 12.6. The van der Waals surface area contributed by atoms with Gasteiger partial charge in [0.25, 0.3) is 0 Å². The predicted octanol–water partition coefficient (Wildman–Crippen LogP) is 5.31. The van der Waals surface area contributed by atoms with Crippen LogP contribution in [0.15, 0.2) is 66.2 Å². The minimum atomic E-state index is -0.0533. The van der Waals surface area contributed by atoms with Crippen LogP contribution >= 0.6 is 22.9 Å². The van der Waals surface area contributed by atoms with Gasteiger partial charge in [0.2, 0.25) is 5.91 Å². The van der Waals surface area contributed by atoms with E-state index in [4.69, 9.17) is 26.1 Å². The molecule has 4 rings (SSSR count). The van der Waals surface area contributed by atoms with Gasteiger partial charge in [-0.05, 0) is 48.4 Å². The molecule has 0 atom stereocenters. The highest BCUT2D eigenvalue weighted by Gasteiger charge is 2.13. The minimum absolute atomic E-state index is 0.0533. The number of rotatable bonds is 9. The SMILES string of the molecule is COc1ccc(CCNC(=O)Cn2cccc2-c2nc(-c3ccc(Cl)cc3)cs2)cc1OC. The fourth-order valence-electron chi connectivity index (χ4n) is 3.48. The molecule has 2 aromatic carbocycles. The van der Waals surface area contributed by atoms with Crippen LogP contribution in [0.5, 0.6) is 11.5 Å². The Morgan fingerprint density at radius 1 is 1.09 bits per heavy atom. The molecule has 1 N–H and O–H groups in total. The molecule has 33 heavy (non-hydrogen) atoms. The number of thiazole rings is 1. The van der Waals surface area contributed by atoms with Crippen LogP contribution in [0.4, 0.5) is 0 Å². The van der Waals surface area contributed by atoms with Crippen LogP contribution in [0, 0.1) is 0 Å². The summed E-state index contributed by atoms with van der Waals surface area (Å²) in [5.74, 6) is 1.31. The molecule has 0 aliphatic heterocycles. The molecule has 0 bridgehead atoms. The zero-order valence-corrected chi connectivity index (χ0v) is 19.9. The molecule has 0 aliphatic rings. The maximum Gasteiger partial charge on any atom is 0.239 e. The van der Waals surface area contributed by atoms with Gasteiger partial charge >= 0.3 is 0 Å². The van der Waals surface area contributed by atoms with Crippen LogP contribution in [0.1, 0.15) is 5.56 Å². The van der Waals surface area contributed by atoms with Crippen molar-refractivity contribution < 1.29 is 14.3 Å². The third kappa shape index (κ3) is 5.56. The Kier molecular flexibility index (Phi) is 7.32. The van der Waals surface area contributed by atoms with E-state index in [9.17, 15) is 4.79 Å². The number of halogens is 1. The van der Waals surface area contributed by atoms with Gasteiger partial charge in [0, 0.05) is 28.7 Å². The van der Waals surface area contributed by atoms with E-state index >= 15 is 0 Å². The topological polar surface area (TPSA) is 65.4 Å². The number of amides is 1. The summed E-state index contributed by atoms with van der Waals surface area (Å²) in [6.45, 7) is 0.757. The van der Waals surface area contributed by atoms with Crippen LogP contribution in [-0.4, -0.2) is 36.2 Å². The first-order valence-corrected chi connectivity index (χ1v) is 11.7. The van der Waals surface area contributed by atoms with Crippen LogP contribution < -0.4 is 14.8 Å². The number of hydrogen-bond donors (Lipinski definition) is 1. The van der Waals surface area contributed by atoms with E-state index in [-0.39, 0.29) is 12.5 Å². The van der Waals surface area contributed by atoms with Crippen molar-refractivity contribution in [1.82, 2.24) is 14.9 Å². The molecular weight excluding hydrogens is 458 g/mol. The summed E-state index contributed by atoms with van der Waals surface area (Å²) in [7, 11) is 3.22. The number of nitrogens with zero attached hydrogens (tertiary/aromatic N) is 2. The normalized spacial score (nSPS) is 10.8. The zero-order valence-electron chi connectivity index (χ0n) is 18.4. The molecule has 0 fully saturated rings. The fraction of sp³-hybridized carbons (Fsp3) is 0.200. The number of methoxy groups -OCH3 is 2. The van der Waals surface area contributed by atoms with Crippen LogP contribution in [-0.2, 0) is 17.8 Å². The average molecular weight is 482 g/mol. The molecule has 2 aromatic heterocycles. The van der Waals surface area contributed by atoms with E-state index in [0.717, 1.165) is 27.5 Å². The highest BCUT2D eigenvalue weighted by Crippen LogP contribution is 2.30. The Bertz CT molecular complexity index is 1230. The van der Waals surface area contributed by atoms with Gasteiger partial charge in [0.15, 0.2) is 11.5 Å². The molecule has 0 radical (unpaired) electrons. The van der Waals surface area contributed by atoms with E-state index in [1.165, 1.54) is 0 Å². The molecule has 0 saturated heterocycles. The first-order chi connectivity index (χ1) is 16.1. The Hall–Kier alpha value is -3.29. The monoisotopic (exact) mass is 481 g/mol. The van der Waals surface area contributed by atoms with Gasteiger partial charge in [-0.25, -0.2) is 4.98 Å². The molecule has 0 aliphatic carbocycles. The second-order valence-corrected chi connectivity index (χ2v) is 8.65. The summed E-state index contributed by atoms with van der Waals surface area (Å²) in [6, 6.07) is 17.3. The van der Waals surface area contributed by atoms with Gasteiger partial charge < -0.3 is 19.4 Å². The fourth-order valence-corrected chi connectivity index (χ4v) is 4.48. The van der Waals surface area contributed by atoms with Crippen molar-refractivity contribution in [1.29, 1.82) is 0 Å². The molecule has 8 heteroatoms. The van der Waals surface area contributed by atoms with Crippen LogP contribution in [0.2, 0.25) is 5.02 Å². The van der Waals surface area contributed by atoms with Crippen molar-refractivity contribution in [2.75, 3.05) is 20.8 Å². The maximum absolute atomic E-state index is 12.6. The Morgan fingerprint density at radius 3 is 2.64 bits per heavy atom. The third-order valence-electron chi connectivity index (χ3n) is 5.19. The van der Waals surface area contributed by atoms with E-state index in [1.54, 1.807) is 25.6 Å². The molecule has 0 spiro atoms. The molecule has 0 unspecified atom stereocenters. The highest BCUT2D eigenvalue weighted by atomic mass is 35.5. The summed E-state index contributed by atoms with van der Waals surface area (Å²) in [5, 5.41) is 6.56. The number of benzene rings is 2. The van der Waals surface area contributed by atoms with Crippen LogP contribution in [0.25, 0.3) is 22.0 Å². The molecule has 170 valence electrons. The van der Waals surface area contributed by atoms with Crippen LogP contribution in [0.3, 0.4) is 0 Å². The summed E-state index contributed by atoms with van der Waals surface area (Å²) >= 11 is 7.53. The Labute approximate surface area is 201 Å². The zero-order chi connectivity index (χ0) is 23.2. The minimum Gasteiger partial charge on any atom is -0.493 e. The largest absolute Gasteiger partial charge is 0.493 e. The third-order valence-corrected chi connectivity index (χ3v) is 6.31. The number of carbonyl (C=O) groups is 1. The number of ether oxygens (including phenoxy) is 2. The quantitative estimate of drug-likeness (QED) is 0.352. The van der Waals surface area contributed by atoms with E-state index in [0.29, 0.717) is 29.5 Å². The standard InChI is InChI=1S/C25H24ClN3O3S/c1-31-22-10-5-17(14-23(22)32-2)11-12-27-24(30)15-29-13-3-4-21(29)25-28-20(16-33-25)18-6-8-19(26)9-7-18/h3-10,13-14,16H,11-12,15H2,1-2H3,(H,27,30). The van der Waals surface area contributed by atoms with Gasteiger partial charge in [-0.2, -0.15) is 0 Å². The summed E-state index contributed by atoms with van der Waals surface area (Å²) < 4.78 is 12.5. The van der Waals surface area contributed by atoms with Gasteiger partial charge in [-0.15, -0.1) is 11.3 Å². The first kappa shape index (κ1) is 22.9. The molecule has 4 aromatic rings. The van der Waals surface area contributed by atoms with Gasteiger partial charge in [0.1, 0.15) is 11.6 Å². The number of hydrogen-bond acceptors (Lipinski definition) is 5. The predicted molar refractivity (Wildman–Crippen MR) is 132 cm³/mol. The Morgan fingerprint density at radius 2 is 1.88 bits per heavy atom. The van der Waals surface area contributed by atoms with Crippen molar-refractivity contribution in [2.24, 2.45) is 0 Å². The number of nitrogens with one attached hydrogen (secondary N) is 1. The lowest BCUT2D eigenvalue weighted by Gasteiger charge is -2.11. The van der Waals surface area contributed by atoms with Crippen molar-refractivity contribution in [3.8, 4) is 33.5 Å². The smallest absolute Gasteiger partial charge is 0.239 e. The second kappa shape index (κ2) is 10.6. The van der Waals surface area contributed by atoms with Gasteiger partial charge in [0.05, 0.1) is 25.6 Å². The lowest BCUT2D eigenvalue weighted by atomic mass is 10.1. The summed E-state index contributed by atoms with van der Waals surface area (Å²) in [5.41, 5.74) is 3.87. The average Bonchev–Trinajstić information content (AvgIpc) is 3.49. The molecule has 6 nitrogen and oxygen atoms in total. The van der Waals surface area contributed by atoms with Gasteiger partial charge in [-0.1, -0.05) is 29.8 Å². The van der Waals surface area contributed by atoms with E-state index in [1.807, 2.05) is 70.7 Å². The number of aromatic nitrogens is 2. The van der Waals surface area contributed by atoms with Crippen molar-refractivity contribution in [3.05, 3.63) is 76.8 Å².